The van der Waals surface area contributed by atoms with Gasteiger partial charge in [-0.3, -0.25) is 9.59 Å². The predicted octanol–water partition coefficient (Wildman–Crippen LogP) is 11.3. The number of thiazole rings is 1. The molecular formula is C45H57N3O5S. The highest BCUT2D eigenvalue weighted by Crippen LogP contribution is 2.39. The number of ether oxygens (including phenoxy) is 3. The number of carbonyl (C=O) groups excluding carboxylic acids is 2. The number of nitrogens with zero attached hydrogens (tertiary/aromatic N) is 3. The van der Waals surface area contributed by atoms with Crippen LogP contribution in [0.15, 0.2) is 71.8 Å². The minimum absolute atomic E-state index is 0.243. The maximum atomic E-state index is 13.7. The number of benzene rings is 3. The second-order valence-corrected chi connectivity index (χ2v) is 16.2. The van der Waals surface area contributed by atoms with E-state index in [1.165, 1.54) is 56.9 Å². The molecule has 2 aliphatic rings. The second kappa shape index (κ2) is 20.0. The molecule has 0 N–H and O–H groups in total. The van der Waals surface area contributed by atoms with Crippen molar-refractivity contribution in [2.24, 2.45) is 22.9 Å². The van der Waals surface area contributed by atoms with Crippen molar-refractivity contribution in [2.75, 3.05) is 18.7 Å². The Kier molecular flexibility index (Phi) is 14.7. The molecule has 1 heterocycles. The fourth-order valence-corrected chi connectivity index (χ4v) is 8.93. The van der Waals surface area contributed by atoms with Crippen molar-refractivity contribution in [3.05, 3.63) is 83.4 Å². The van der Waals surface area contributed by atoms with Gasteiger partial charge in [0.15, 0.2) is 0 Å². The summed E-state index contributed by atoms with van der Waals surface area (Å²) in [5.41, 5.74) is 4.09. The van der Waals surface area contributed by atoms with Gasteiger partial charge in [0, 0.05) is 19.2 Å². The number of anilines is 1. The molecule has 6 rings (SSSR count). The predicted molar refractivity (Wildman–Crippen MR) is 219 cm³/mol. The highest BCUT2D eigenvalue weighted by molar-refractivity contribution is 7.22. The van der Waals surface area contributed by atoms with Crippen LogP contribution in [-0.2, 0) is 20.9 Å². The molecule has 2 fully saturated rings. The molecule has 8 nitrogen and oxygen atoms in total. The Hall–Kier alpha value is -4.08. The number of hydrogen-bond donors (Lipinski definition) is 0. The van der Waals surface area contributed by atoms with E-state index in [4.69, 9.17) is 24.3 Å². The molecule has 0 unspecified atom stereocenters. The number of unbranched alkanes of at least 4 members (excludes halogenated alkanes) is 3. The number of hydrogen-bond acceptors (Lipinski definition) is 9. The molecule has 0 spiro atoms. The van der Waals surface area contributed by atoms with Crippen LogP contribution in [0.4, 0.5) is 5.13 Å². The van der Waals surface area contributed by atoms with Gasteiger partial charge in [-0.2, -0.15) is 5.10 Å². The summed E-state index contributed by atoms with van der Waals surface area (Å²) in [5.74, 6) is 1.35. The fraction of sp³-hybridized carbons (Fsp3) is 0.511. The first-order valence-corrected chi connectivity index (χ1v) is 21.1. The summed E-state index contributed by atoms with van der Waals surface area (Å²) >= 11 is 1.65. The highest BCUT2D eigenvalue weighted by atomic mass is 32.1. The first-order valence-electron chi connectivity index (χ1n) is 20.3. The van der Waals surface area contributed by atoms with Gasteiger partial charge in [-0.25, -0.2) is 9.99 Å². The van der Waals surface area contributed by atoms with Gasteiger partial charge in [-0.05, 0) is 117 Å². The van der Waals surface area contributed by atoms with Crippen molar-refractivity contribution in [3.8, 4) is 11.5 Å². The van der Waals surface area contributed by atoms with Crippen molar-refractivity contribution in [1.82, 2.24) is 4.98 Å². The lowest BCUT2D eigenvalue weighted by atomic mass is 9.77. The number of hydrazone groups is 1. The largest absolute Gasteiger partial charge is 0.426 e. The first-order chi connectivity index (χ1) is 26.4. The molecule has 288 valence electrons. The lowest BCUT2D eigenvalue weighted by Gasteiger charge is -2.29. The normalized spacial score (nSPS) is 20.3. The number of methoxy groups -OCH3 is 1. The molecule has 0 bridgehead atoms. The Morgan fingerprint density at radius 1 is 0.833 bits per heavy atom. The van der Waals surface area contributed by atoms with Gasteiger partial charge in [0.05, 0.1) is 34.9 Å². The monoisotopic (exact) mass is 751 g/mol. The van der Waals surface area contributed by atoms with Gasteiger partial charge in [0.1, 0.15) is 11.5 Å². The van der Waals surface area contributed by atoms with Crippen molar-refractivity contribution >= 4 is 44.8 Å². The second-order valence-electron chi connectivity index (χ2n) is 15.2. The standard InChI is InChI=1S/C45H57N3O5S/c1-4-6-7-10-28-48(45-47-40-12-8-9-13-42(40)54-45)46-30-38-29-37(34-18-14-32(11-5-2)15-19-34)24-27-41(38)53-44(50)36-22-20-35(21-23-36)43(49)52-39-25-16-33(17-26-39)31-51-3/h8-9,12-13,16-17,24-27,29-30,32,34-36H,4-7,10-11,14-15,18-23,28,31H2,1-3H3/b46-30+. The molecule has 0 atom stereocenters. The lowest BCUT2D eigenvalue weighted by molar-refractivity contribution is -0.145. The molecule has 0 saturated heterocycles. The van der Waals surface area contributed by atoms with E-state index in [2.05, 4.69) is 32.0 Å². The van der Waals surface area contributed by atoms with Gasteiger partial charge in [-0.1, -0.05) is 87.6 Å². The minimum Gasteiger partial charge on any atom is -0.426 e. The van der Waals surface area contributed by atoms with E-state index >= 15 is 0 Å². The average Bonchev–Trinajstić information content (AvgIpc) is 3.64. The number of para-hydroxylation sites is 1. The van der Waals surface area contributed by atoms with E-state index in [0.29, 0.717) is 49.7 Å². The maximum Gasteiger partial charge on any atom is 0.314 e. The number of carbonyl (C=O) groups is 2. The fourth-order valence-electron chi connectivity index (χ4n) is 7.98. The molecule has 9 heteroatoms. The quantitative estimate of drug-likeness (QED) is 0.0349. The Balaban J connectivity index is 1.16. The van der Waals surface area contributed by atoms with Gasteiger partial charge in [0.25, 0.3) is 0 Å². The molecule has 2 aliphatic carbocycles. The smallest absolute Gasteiger partial charge is 0.314 e. The van der Waals surface area contributed by atoms with E-state index in [0.717, 1.165) is 51.8 Å². The van der Waals surface area contributed by atoms with Gasteiger partial charge in [0.2, 0.25) is 5.13 Å². The first kappa shape index (κ1) is 39.6. The molecule has 1 aromatic heterocycles. The molecule has 3 aromatic carbocycles. The molecule has 2 saturated carbocycles. The third-order valence-electron chi connectivity index (χ3n) is 11.2. The third-order valence-corrected chi connectivity index (χ3v) is 12.2. The van der Waals surface area contributed by atoms with Crippen molar-refractivity contribution in [2.45, 2.75) is 116 Å². The van der Waals surface area contributed by atoms with E-state index in [1.54, 1.807) is 30.6 Å². The van der Waals surface area contributed by atoms with Crippen LogP contribution in [0, 0.1) is 17.8 Å². The van der Waals surface area contributed by atoms with E-state index < -0.39 is 0 Å². The molecule has 4 aromatic rings. The zero-order valence-electron chi connectivity index (χ0n) is 32.3. The summed E-state index contributed by atoms with van der Waals surface area (Å²) in [6.07, 6.45) is 16.2. The van der Waals surface area contributed by atoms with Crippen LogP contribution in [0.2, 0.25) is 0 Å². The Morgan fingerprint density at radius 3 is 2.24 bits per heavy atom. The number of fused-ring (bicyclic) bond motifs is 1. The third kappa shape index (κ3) is 10.8. The number of aromatic nitrogens is 1. The summed E-state index contributed by atoms with van der Waals surface area (Å²) in [7, 11) is 1.65. The summed E-state index contributed by atoms with van der Waals surface area (Å²) < 4.78 is 18.2. The van der Waals surface area contributed by atoms with Crippen molar-refractivity contribution in [1.29, 1.82) is 0 Å². The van der Waals surface area contributed by atoms with Crippen LogP contribution in [-0.4, -0.2) is 36.8 Å². The van der Waals surface area contributed by atoms with Crippen LogP contribution in [0.1, 0.15) is 126 Å². The Bertz CT molecular complexity index is 1790. The number of esters is 2. The van der Waals surface area contributed by atoms with E-state index in [-0.39, 0.29) is 23.8 Å². The minimum atomic E-state index is -0.279. The van der Waals surface area contributed by atoms with E-state index in [9.17, 15) is 9.59 Å². The average molecular weight is 752 g/mol. The topological polar surface area (TPSA) is 90.3 Å². The molecule has 0 aliphatic heterocycles. The maximum absolute atomic E-state index is 13.7. The van der Waals surface area contributed by atoms with Crippen LogP contribution in [0.25, 0.3) is 10.2 Å². The zero-order chi connectivity index (χ0) is 37.7. The lowest BCUT2D eigenvalue weighted by Crippen LogP contribution is -2.30. The van der Waals surface area contributed by atoms with Gasteiger partial charge >= 0.3 is 11.9 Å². The van der Waals surface area contributed by atoms with Crippen LogP contribution >= 0.6 is 11.3 Å². The molecule has 0 radical (unpaired) electrons. The molecular weight excluding hydrogens is 695 g/mol. The van der Waals surface area contributed by atoms with Crippen LogP contribution < -0.4 is 14.5 Å². The zero-order valence-corrected chi connectivity index (χ0v) is 33.2. The molecule has 0 amide bonds. The summed E-state index contributed by atoms with van der Waals surface area (Å²) in [6.45, 7) is 5.77. The van der Waals surface area contributed by atoms with E-state index in [1.807, 2.05) is 47.6 Å². The van der Waals surface area contributed by atoms with Crippen LogP contribution in [0.3, 0.4) is 0 Å². The SMILES string of the molecule is CCCCCCN(/N=C/c1cc(C2CCC(CCC)CC2)ccc1OC(=O)C1CCC(C(=O)Oc2ccc(COC)cc2)CC1)c1nc2ccccc2s1. The summed E-state index contributed by atoms with van der Waals surface area (Å²) in [5, 5.41) is 7.93. The summed E-state index contributed by atoms with van der Waals surface area (Å²) in [6, 6.07) is 21.9. The highest BCUT2D eigenvalue weighted by Gasteiger charge is 2.33. The number of rotatable bonds is 17. The van der Waals surface area contributed by atoms with Crippen molar-refractivity contribution < 1.29 is 23.8 Å². The Labute approximate surface area is 325 Å². The summed E-state index contributed by atoms with van der Waals surface area (Å²) in [4.78, 5) is 31.6. The Morgan fingerprint density at radius 2 is 1.56 bits per heavy atom. The van der Waals surface area contributed by atoms with Gasteiger partial charge < -0.3 is 14.2 Å². The van der Waals surface area contributed by atoms with Crippen molar-refractivity contribution in [3.63, 3.8) is 0 Å². The van der Waals surface area contributed by atoms with Crippen LogP contribution in [0.5, 0.6) is 11.5 Å². The molecule has 54 heavy (non-hydrogen) atoms. The van der Waals surface area contributed by atoms with Gasteiger partial charge in [-0.15, -0.1) is 0 Å².